The van der Waals surface area contributed by atoms with Crippen molar-refractivity contribution >= 4 is 0 Å². The molecule has 52 valence electrons. The quantitative estimate of drug-likeness (QED) is 0.521. The lowest BCUT2D eigenvalue weighted by atomic mass is 10.5. The Balaban J connectivity index is 0.000000291. The molecule has 0 saturated carbocycles. The highest BCUT2D eigenvalue weighted by molar-refractivity contribution is 5.02. The van der Waals surface area contributed by atoms with Crippen LogP contribution in [0.3, 0.4) is 0 Å². The maximum atomic E-state index is 5.08. The average Bonchev–Trinajstić information content (AvgIpc) is 2.20. The largest absolute Gasteiger partial charge is 0.467 e. The van der Waals surface area contributed by atoms with Gasteiger partial charge in [-0.25, -0.2) is 0 Å². The van der Waals surface area contributed by atoms with Gasteiger partial charge in [0.2, 0.25) is 0 Å². The molecule has 1 nitrogen and oxygen atoms in total. The SMILES string of the molecule is CC.Cc1ccc(C)o1. The molecule has 1 aromatic rings. The number of hydrogen-bond acceptors (Lipinski definition) is 1. The third-order valence-electron chi connectivity index (χ3n) is 0.875. The van der Waals surface area contributed by atoms with Crippen molar-refractivity contribution in [3.63, 3.8) is 0 Å². The van der Waals surface area contributed by atoms with Crippen LogP contribution >= 0.6 is 0 Å². The van der Waals surface area contributed by atoms with Crippen molar-refractivity contribution in [2.24, 2.45) is 0 Å². The smallest absolute Gasteiger partial charge is 0.101 e. The van der Waals surface area contributed by atoms with E-state index in [-0.39, 0.29) is 0 Å². The highest BCUT2D eigenvalue weighted by Crippen LogP contribution is 2.02. The predicted octanol–water partition coefficient (Wildman–Crippen LogP) is 2.92. The fourth-order valence-electron chi connectivity index (χ4n) is 0.557. The van der Waals surface area contributed by atoms with Gasteiger partial charge in [-0.15, -0.1) is 0 Å². The van der Waals surface area contributed by atoms with Gasteiger partial charge >= 0.3 is 0 Å². The molecule has 0 atom stereocenters. The van der Waals surface area contributed by atoms with E-state index in [1.807, 2.05) is 39.8 Å². The fraction of sp³-hybridized carbons (Fsp3) is 0.500. The fourth-order valence-corrected chi connectivity index (χ4v) is 0.557. The maximum Gasteiger partial charge on any atom is 0.101 e. The molecule has 0 unspecified atom stereocenters. The minimum Gasteiger partial charge on any atom is -0.467 e. The van der Waals surface area contributed by atoms with Crippen LogP contribution in [0.15, 0.2) is 16.5 Å². The summed E-state index contributed by atoms with van der Waals surface area (Å²) in [7, 11) is 0. The second-order valence-corrected chi connectivity index (χ2v) is 1.66. The molecule has 0 aromatic carbocycles. The molecule has 1 aromatic heterocycles. The van der Waals surface area contributed by atoms with E-state index in [0.717, 1.165) is 11.5 Å². The van der Waals surface area contributed by atoms with Crippen LogP contribution in [0.25, 0.3) is 0 Å². The predicted molar refractivity (Wildman–Crippen MR) is 39.5 cm³/mol. The number of rotatable bonds is 0. The first-order valence-electron chi connectivity index (χ1n) is 3.32. The molecule has 0 N–H and O–H groups in total. The van der Waals surface area contributed by atoms with Gasteiger partial charge in [0, 0.05) is 0 Å². The van der Waals surface area contributed by atoms with E-state index in [1.165, 1.54) is 0 Å². The standard InChI is InChI=1S/C6H8O.C2H6/c1-5-3-4-6(2)7-5;1-2/h3-4H,1-2H3;1-2H3. The highest BCUT2D eigenvalue weighted by Gasteiger charge is 1.85. The number of furan rings is 1. The van der Waals surface area contributed by atoms with Crippen molar-refractivity contribution in [1.82, 2.24) is 0 Å². The second kappa shape index (κ2) is 4.19. The minimum absolute atomic E-state index is 0.984. The molecule has 1 heteroatoms. The molecular formula is C8H14O. The summed E-state index contributed by atoms with van der Waals surface area (Å²) in [6.45, 7) is 7.88. The zero-order valence-corrected chi connectivity index (χ0v) is 6.56. The molecule has 9 heavy (non-hydrogen) atoms. The molecule has 0 aliphatic carbocycles. The van der Waals surface area contributed by atoms with Crippen LogP contribution in [0.5, 0.6) is 0 Å². The van der Waals surface area contributed by atoms with Crippen LogP contribution in [0, 0.1) is 13.8 Å². The van der Waals surface area contributed by atoms with Crippen molar-refractivity contribution in [1.29, 1.82) is 0 Å². The molecule has 0 bridgehead atoms. The first kappa shape index (κ1) is 8.28. The number of aryl methyl sites for hydroxylation is 2. The number of hydrogen-bond donors (Lipinski definition) is 0. The summed E-state index contributed by atoms with van der Waals surface area (Å²) in [5.74, 6) is 1.97. The Morgan fingerprint density at radius 2 is 1.33 bits per heavy atom. The van der Waals surface area contributed by atoms with Crippen LogP contribution in [-0.4, -0.2) is 0 Å². The van der Waals surface area contributed by atoms with Crippen molar-refractivity contribution in [3.8, 4) is 0 Å². The van der Waals surface area contributed by atoms with Crippen molar-refractivity contribution in [2.45, 2.75) is 27.7 Å². The Morgan fingerprint density at radius 1 is 1.00 bits per heavy atom. The van der Waals surface area contributed by atoms with E-state index >= 15 is 0 Å². The summed E-state index contributed by atoms with van der Waals surface area (Å²) in [6.07, 6.45) is 0. The van der Waals surface area contributed by atoms with Gasteiger partial charge < -0.3 is 4.42 Å². The van der Waals surface area contributed by atoms with Gasteiger partial charge in [-0.3, -0.25) is 0 Å². The van der Waals surface area contributed by atoms with E-state index in [4.69, 9.17) is 4.42 Å². The summed E-state index contributed by atoms with van der Waals surface area (Å²) in [6, 6.07) is 3.91. The minimum atomic E-state index is 0.984. The summed E-state index contributed by atoms with van der Waals surface area (Å²) >= 11 is 0. The first-order chi connectivity index (χ1) is 4.29. The van der Waals surface area contributed by atoms with Crippen LogP contribution < -0.4 is 0 Å². The summed E-state index contributed by atoms with van der Waals surface area (Å²) in [5.41, 5.74) is 0. The van der Waals surface area contributed by atoms with E-state index in [1.54, 1.807) is 0 Å². The molecule has 0 radical (unpaired) electrons. The maximum absolute atomic E-state index is 5.08. The Bertz CT molecular complexity index is 137. The van der Waals surface area contributed by atoms with E-state index in [2.05, 4.69) is 0 Å². The van der Waals surface area contributed by atoms with Gasteiger partial charge in [-0.05, 0) is 26.0 Å². The molecule has 0 amide bonds. The van der Waals surface area contributed by atoms with Crippen LogP contribution in [-0.2, 0) is 0 Å². The average molecular weight is 126 g/mol. The van der Waals surface area contributed by atoms with Gasteiger partial charge in [-0.1, -0.05) is 13.8 Å². The molecule has 0 saturated heterocycles. The molecule has 0 fully saturated rings. The first-order valence-corrected chi connectivity index (χ1v) is 3.32. The third-order valence-corrected chi connectivity index (χ3v) is 0.875. The van der Waals surface area contributed by atoms with Crippen LogP contribution in [0.1, 0.15) is 25.4 Å². The Labute approximate surface area is 56.7 Å². The lowest BCUT2D eigenvalue weighted by Gasteiger charge is -1.76. The molecule has 1 rings (SSSR count). The Hall–Kier alpha value is -0.720. The van der Waals surface area contributed by atoms with Gasteiger partial charge in [0.25, 0.3) is 0 Å². The van der Waals surface area contributed by atoms with E-state index in [9.17, 15) is 0 Å². The monoisotopic (exact) mass is 126 g/mol. The normalized spacial score (nSPS) is 8.00. The molecule has 0 aliphatic rings. The lowest BCUT2D eigenvalue weighted by Crippen LogP contribution is -1.53. The molecule has 1 heterocycles. The van der Waals surface area contributed by atoms with Gasteiger partial charge in [0.1, 0.15) is 11.5 Å². The summed E-state index contributed by atoms with van der Waals surface area (Å²) < 4.78 is 5.08. The van der Waals surface area contributed by atoms with Crippen molar-refractivity contribution in [2.75, 3.05) is 0 Å². The van der Waals surface area contributed by atoms with E-state index < -0.39 is 0 Å². The third kappa shape index (κ3) is 2.96. The second-order valence-electron chi connectivity index (χ2n) is 1.66. The van der Waals surface area contributed by atoms with Crippen molar-refractivity contribution < 1.29 is 4.42 Å². The lowest BCUT2D eigenvalue weighted by molar-refractivity contribution is 0.504. The van der Waals surface area contributed by atoms with Gasteiger partial charge in [0.05, 0.1) is 0 Å². The van der Waals surface area contributed by atoms with E-state index in [0.29, 0.717) is 0 Å². The molecule has 0 spiro atoms. The molecule has 0 aliphatic heterocycles. The summed E-state index contributed by atoms with van der Waals surface area (Å²) in [5, 5.41) is 0. The topological polar surface area (TPSA) is 13.1 Å². The zero-order chi connectivity index (χ0) is 7.28. The van der Waals surface area contributed by atoms with Crippen LogP contribution in [0.2, 0.25) is 0 Å². The summed E-state index contributed by atoms with van der Waals surface area (Å²) in [4.78, 5) is 0. The van der Waals surface area contributed by atoms with Crippen molar-refractivity contribution in [3.05, 3.63) is 23.7 Å². The Morgan fingerprint density at radius 3 is 1.44 bits per heavy atom. The molecular weight excluding hydrogens is 112 g/mol. The zero-order valence-electron chi connectivity index (χ0n) is 6.56. The Kier molecular flexibility index (Phi) is 3.85. The van der Waals surface area contributed by atoms with Crippen LogP contribution in [0.4, 0.5) is 0 Å². The van der Waals surface area contributed by atoms with Gasteiger partial charge in [0.15, 0.2) is 0 Å². The van der Waals surface area contributed by atoms with Gasteiger partial charge in [-0.2, -0.15) is 0 Å². The highest BCUT2D eigenvalue weighted by atomic mass is 16.3.